The van der Waals surface area contributed by atoms with Gasteiger partial charge in [0.1, 0.15) is 16.9 Å². The predicted octanol–water partition coefficient (Wildman–Crippen LogP) is 2.73. The van der Waals surface area contributed by atoms with Gasteiger partial charge in [-0.25, -0.2) is 38.1 Å². The lowest BCUT2D eigenvalue weighted by Gasteiger charge is -2.06. The molecule has 0 saturated heterocycles. The van der Waals surface area contributed by atoms with Crippen molar-refractivity contribution in [1.29, 1.82) is 0 Å². The molecule has 0 saturated carbocycles. The molecule has 0 aliphatic carbocycles. The van der Waals surface area contributed by atoms with E-state index in [1.54, 1.807) is 6.07 Å². The number of fused-ring (bicyclic) bond motifs is 1. The van der Waals surface area contributed by atoms with E-state index in [4.69, 9.17) is 0 Å². The molecule has 0 atom stereocenters. The van der Waals surface area contributed by atoms with Crippen LogP contribution in [0.3, 0.4) is 0 Å². The average molecular weight is 413 g/mol. The first kappa shape index (κ1) is 17.9. The van der Waals surface area contributed by atoms with Crippen molar-refractivity contribution in [3.8, 4) is 0 Å². The van der Waals surface area contributed by atoms with Gasteiger partial charge in [-0.15, -0.1) is 9.63 Å². The summed E-state index contributed by atoms with van der Waals surface area (Å²) in [4.78, 5) is 22.9. The number of nitrogens with zero attached hydrogens (tertiary/aromatic N) is 7. The maximum atomic E-state index is 12.3. The van der Waals surface area contributed by atoms with Crippen LogP contribution >= 0.6 is 11.9 Å². The van der Waals surface area contributed by atoms with Crippen molar-refractivity contribution in [2.75, 3.05) is 4.72 Å². The van der Waals surface area contributed by atoms with Gasteiger partial charge in [0.05, 0.1) is 28.9 Å². The second-order valence-electron chi connectivity index (χ2n) is 5.22. The number of imidazole rings is 1. The Bertz CT molecular complexity index is 1230. The molecule has 0 unspecified atom stereocenters. The summed E-state index contributed by atoms with van der Waals surface area (Å²) in [7, 11) is -3.79. The molecule has 3 heterocycles. The average Bonchev–Trinajstić information content (AvgIpc) is 3.19. The molecule has 140 valence electrons. The fraction of sp³-hybridized carbons (Fsp3) is 0. The van der Waals surface area contributed by atoms with Crippen molar-refractivity contribution < 1.29 is 8.42 Å². The molecule has 11 nitrogen and oxygen atoms in total. The van der Waals surface area contributed by atoms with E-state index in [0.717, 1.165) is 11.9 Å². The number of anilines is 1. The van der Waals surface area contributed by atoms with Crippen LogP contribution in [0.25, 0.3) is 11.2 Å². The number of benzene rings is 1. The van der Waals surface area contributed by atoms with Crippen molar-refractivity contribution in [3.63, 3.8) is 0 Å². The number of rotatable bonds is 6. The van der Waals surface area contributed by atoms with E-state index in [-0.39, 0.29) is 10.8 Å². The molecule has 0 bridgehead atoms. The van der Waals surface area contributed by atoms with Crippen molar-refractivity contribution in [3.05, 3.63) is 55.4 Å². The van der Waals surface area contributed by atoms with Crippen molar-refractivity contribution in [1.82, 2.24) is 29.9 Å². The molecule has 3 aromatic heterocycles. The highest BCUT2D eigenvalue weighted by molar-refractivity contribution is 7.98. The van der Waals surface area contributed by atoms with Crippen LogP contribution in [0.1, 0.15) is 0 Å². The van der Waals surface area contributed by atoms with Gasteiger partial charge in [-0.2, -0.15) is 0 Å². The number of sulfonamides is 1. The van der Waals surface area contributed by atoms with E-state index in [0.29, 0.717) is 21.9 Å². The minimum Gasteiger partial charge on any atom is -0.341 e. The van der Waals surface area contributed by atoms with Gasteiger partial charge in [0, 0.05) is 12.4 Å². The fourth-order valence-electron chi connectivity index (χ4n) is 2.14. The summed E-state index contributed by atoms with van der Waals surface area (Å²) in [6, 6.07) is 7.51. The minimum absolute atomic E-state index is 0.00219. The Balaban J connectivity index is 1.46. The Labute approximate surface area is 163 Å². The van der Waals surface area contributed by atoms with Crippen molar-refractivity contribution >= 4 is 44.8 Å². The summed E-state index contributed by atoms with van der Waals surface area (Å²) in [5.74, 6) is -0.00219. The number of hydrogen-bond acceptors (Lipinski definition) is 10. The maximum absolute atomic E-state index is 12.3. The quantitative estimate of drug-likeness (QED) is 0.278. The summed E-state index contributed by atoms with van der Waals surface area (Å²) in [6.07, 6.45) is 5.81. The predicted molar refractivity (Wildman–Crippen MR) is 101 cm³/mol. The van der Waals surface area contributed by atoms with E-state index in [2.05, 4.69) is 44.3 Å². The molecule has 4 aromatic rings. The Hall–Kier alpha value is -3.45. The van der Waals surface area contributed by atoms with E-state index in [1.165, 1.54) is 49.3 Å². The molecule has 1 aromatic carbocycles. The number of nitrogens with one attached hydrogen (secondary N) is 2. The van der Waals surface area contributed by atoms with Gasteiger partial charge in [-0.3, -0.25) is 0 Å². The first-order chi connectivity index (χ1) is 13.6. The monoisotopic (exact) mass is 413 g/mol. The first-order valence-electron chi connectivity index (χ1n) is 7.74. The maximum Gasteiger partial charge on any atom is 0.264 e. The lowest BCUT2D eigenvalue weighted by molar-refractivity contribution is 0.601. The molecule has 0 fully saturated rings. The molecule has 0 spiro atoms. The normalized spacial score (nSPS) is 11.9. The second kappa shape index (κ2) is 7.66. The molecule has 2 N–H and O–H groups in total. The van der Waals surface area contributed by atoms with Crippen LogP contribution in [-0.4, -0.2) is 38.3 Å². The number of aromatic nitrogens is 6. The van der Waals surface area contributed by atoms with Gasteiger partial charge in [0.2, 0.25) is 5.95 Å². The zero-order valence-electron chi connectivity index (χ0n) is 14.0. The molecule has 4 rings (SSSR count). The Kier molecular flexibility index (Phi) is 4.90. The van der Waals surface area contributed by atoms with E-state index < -0.39 is 10.0 Å². The topological polar surface area (TPSA) is 151 Å². The van der Waals surface area contributed by atoms with Gasteiger partial charge in [-0.1, -0.05) is 0 Å². The minimum atomic E-state index is -3.79. The summed E-state index contributed by atoms with van der Waals surface area (Å²) in [6.45, 7) is 0. The summed E-state index contributed by atoms with van der Waals surface area (Å²) < 4.78 is 31.0. The van der Waals surface area contributed by atoms with Crippen LogP contribution in [-0.2, 0) is 10.0 Å². The van der Waals surface area contributed by atoms with Crippen molar-refractivity contribution in [2.24, 2.45) is 9.63 Å². The summed E-state index contributed by atoms with van der Waals surface area (Å²) in [5.41, 5.74) is 1.69. The number of aromatic amines is 1. The van der Waals surface area contributed by atoms with E-state index >= 15 is 0 Å². The highest BCUT2D eigenvalue weighted by atomic mass is 32.2. The summed E-state index contributed by atoms with van der Waals surface area (Å²) in [5, 5.41) is 4.63. The van der Waals surface area contributed by atoms with Gasteiger partial charge in [0.15, 0.2) is 5.65 Å². The molecular formula is C15H11N9O2S2. The third-order valence-corrected chi connectivity index (χ3v) is 5.40. The number of hydrogen-bond donors (Lipinski definition) is 2. The third-order valence-electron chi connectivity index (χ3n) is 3.41. The lowest BCUT2D eigenvalue weighted by atomic mass is 10.3. The lowest BCUT2D eigenvalue weighted by Crippen LogP contribution is -2.14. The van der Waals surface area contributed by atoms with Crippen LogP contribution < -0.4 is 4.72 Å². The Morgan fingerprint density at radius 2 is 1.79 bits per heavy atom. The largest absolute Gasteiger partial charge is 0.341 e. The molecule has 0 radical (unpaired) electrons. The standard InChI is InChI=1S/C15H11N9O2S2/c25-28(26,23-15-16-6-1-7-17-15)11-4-2-10(3-5-11)22-24-27-14-12-13(19-8-18-12)20-9-21-14/h1-9H,(H,16,17,23)(H,18,19,20,21). The third kappa shape index (κ3) is 3.94. The van der Waals surface area contributed by atoms with Crippen molar-refractivity contribution in [2.45, 2.75) is 9.92 Å². The molecular weight excluding hydrogens is 402 g/mol. The highest BCUT2D eigenvalue weighted by Crippen LogP contribution is 2.25. The van der Waals surface area contributed by atoms with E-state index in [9.17, 15) is 8.42 Å². The molecule has 0 aliphatic rings. The molecule has 28 heavy (non-hydrogen) atoms. The van der Waals surface area contributed by atoms with Crippen LogP contribution in [0.5, 0.6) is 0 Å². The van der Waals surface area contributed by atoms with Crippen LogP contribution in [0.15, 0.2) is 74.9 Å². The SMILES string of the molecule is O=S(=O)(Nc1ncccn1)c1ccc(N=NSc2ncnc3nc[nH]c23)cc1. The fourth-order valence-corrected chi connectivity index (χ4v) is 3.65. The van der Waals surface area contributed by atoms with Crippen LogP contribution in [0.4, 0.5) is 11.6 Å². The zero-order chi connectivity index (χ0) is 19.4. The second-order valence-corrected chi connectivity index (χ2v) is 7.64. The molecule has 0 amide bonds. The zero-order valence-corrected chi connectivity index (χ0v) is 15.6. The van der Waals surface area contributed by atoms with Gasteiger partial charge in [-0.05, 0) is 30.3 Å². The van der Waals surface area contributed by atoms with Gasteiger partial charge in [0.25, 0.3) is 10.0 Å². The summed E-state index contributed by atoms with van der Waals surface area (Å²) >= 11 is 1.05. The smallest absolute Gasteiger partial charge is 0.264 e. The number of H-pyrrole nitrogens is 1. The van der Waals surface area contributed by atoms with Crippen LogP contribution in [0.2, 0.25) is 0 Å². The van der Waals surface area contributed by atoms with Gasteiger partial charge >= 0.3 is 0 Å². The molecule has 0 aliphatic heterocycles. The molecule has 13 heteroatoms. The van der Waals surface area contributed by atoms with Crippen LogP contribution in [0, 0.1) is 0 Å². The highest BCUT2D eigenvalue weighted by Gasteiger charge is 2.15. The Morgan fingerprint density at radius 1 is 1.00 bits per heavy atom. The first-order valence-corrected chi connectivity index (χ1v) is 9.99. The van der Waals surface area contributed by atoms with E-state index in [1.807, 2.05) is 0 Å². The Morgan fingerprint density at radius 3 is 2.57 bits per heavy atom. The van der Waals surface area contributed by atoms with Gasteiger partial charge < -0.3 is 4.98 Å².